The Hall–Kier alpha value is -1.91. The first-order chi connectivity index (χ1) is 7.95. The maximum Gasteiger partial charge on any atom is 0.303 e. The Labute approximate surface area is 99.1 Å². The van der Waals surface area contributed by atoms with Crippen LogP contribution in [0.4, 0.5) is 0 Å². The summed E-state index contributed by atoms with van der Waals surface area (Å²) >= 11 is 0. The molecule has 0 N–H and O–H groups in total. The molecule has 5 heteroatoms. The van der Waals surface area contributed by atoms with Gasteiger partial charge in [-0.1, -0.05) is 12.2 Å². The second kappa shape index (κ2) is 5.43. The largest absolute Gasteiger partial charge is 0.453 e. The van der Waals surface area contributed by atoms with Gasteiger partial charge in [0.1, 0.15) is 0 Å². The maximum absolute atomic E-state index is 11.6. The minimum absolute atomic E-state index is 0.375. The molecule has 1 aliphatic carbocycles. The highest BCUT2D eigenvalue weighted by Gasteiger charge is 2.40. The highest BCUT2D eigenvalue weighted by Crippen LogP contribution is 2.24. The molecule has 2 atom stereocenters. The molecule has 0 unspecified atom stereocenters. The van der Waals surface area contributed by atoms with Crippen molar-refractivity contribution in [1.82, 2.24) is 0 Å². The molecule has 0 aromatic carbocycles. The van der Waals surface area contributed by atoms with Crippen LogP contribution in [0.25, 0.3) is 0 Å². The molecule has 0 aromatic rings. The van der Waals surface area contributed by atoms with Crippen molar-refractivity contribution in [2.45, 2.75) is 33.0 Å². The van der Waals surface area contributed by atoms with Gasteiger partial charge >= 0.3 is 11.9 Å². The molecule has 0 amide bonds. The third kappa shape index (κ3) is 3.27. The monoisotopic (exact) mass is 238 g/mol. The van der Waals surface area contributed by atoms with Crippen LogP contribution in [0, 0.1) is 0 Å². The van der Waals surface area contributed by atoms with Gasteiger partial charge in [0.15, 0.2) is 6.10 Å². The van der Waals surface area contributed by atoms with Gasteiger partial charge in [-0.05, 0) is 13.0 Å². The van der Waals surface area contributed by atoms with E-state index in [2.05, 4.69) is 0 Å². The van der Waals surface area contributed by atoms with E-state index in [4.69, 9.17) is 9.47 Å². The van der Waals surface area contributed by atoms with Gasteiger partial charge in [-0.25, -0.2) is 0 Å². The molecule has 0 spiro atoms. The molecular formula is C12H14O5. The lowest BCUT2D eigenvalue weighted by Gasteiger charge is -2.19. The van der Waals surface area contributed by atoms with Crippen LogP contribution in [0.2, 0.25) is 0 Å². The van der Waals surface area contributed by atoms with Crippen LogP contribution >= 0.6 is 0 Å². The number of ether oxygens (including phenoxy) is 2. The molecule has 0 heterocycles. The number of rotatable bonds is 3. The minimum atomic E-state index is -1.07. The summed E-state index contributed by atoms with van der Waals surface area (Å²) < 4.78 is 9.87. The zero-order chi connectivity index (χ0) is 13.0. The molecular weight excluding hydrogens is 224 g/mol. The Kier molecular flexibility index (Phi) is 4.20. The van der Waals surface area contributed by atoms with E-state index in [1.54, 1.807) is 19.1 Å². The van der Waals surface area contributed by atoms with E-state index in [9.17, 15) is 14.4 Å². The highest BCUT2D eigenvalue weighted by molar-refractivity contribution is 6.00. The van der Waals surface area contributed by atoms with E-state index in [1.807, 2.05) is 0 Å². The zero-order valence-corrected chi connectivity index (χ0v) is 9.93. The minimum Gasteiger partial charge on any atom is -0.453 e. The van der Waals surface area contributed by atoms with Crippen molar-refractivity contribution in [3.05, 3.63) is 23.8 Å². The Bertz CT molecular complexity index is 405. The van der Waals surface area contributed by atoms with Crippen molar-refractivity contribution < 1.29 is 23.9 Å². The predicted octanol–water partition coefficient (Wildman–Crippen LogP) is 0.935. The van der Waals surface area contributed by atoms with Crippen molar-refractivity contribution in [1.29, 1.82) is 0 Å². The first-order valence-electron chi connectivity index (χ1n) is 5.18. The second-order valence-corrected chi connectivity index (χ2v) is 3.61. The van der Waals surface area contributed by atoms with E-state index in [0.717, 1.165) is 0 Å². The molecule has 0 aliphatic heterocycles. The van der Waals surface area contributed by atoms with Gasteiger partial charge < -0.3 is 9.47 Å². The van der Waals surface area contributed by atoms with E-state index in [-0.39, 0.29) is 5.78 Å². The number of ketones is 1. The summed E-state index contributed by atoms with van der Waals surface area (Å²) in [6, 6.07) is 0. The van der Waals surface area contributed by atoms with Crippen LogP contribution in [-0.4, -0.2) is 29.9 Å². The summed E-state index contributed by atoms with van der Waals surface area (Å²) in [4.78, 5) is 33.5. The Morgan fingerprint density at radius 1 is 1.18 bits per heavy atom. The molecule has 17 heavy (non-hydrogen) atoms. The van der Waals surface area contributed by atoms with E-state index >= 15 is 0 Å². The lowest BCUT2D eigenvalue weighted by atomic mass is 10.1. The summed E-state index contributed by atoms with van der Waals surface area (Å²) in [5.74, 6) is -1.49. The van der Waals surface area contributed by atoms with Crippen LogP contribution in [-0.2, 0) is 23.9 Å². The molecule has 0 radical (unpaired) electrons. The summed E-state index contributed by atoms with van der Waals surface area (Å²) in [5, 5.41) is 0. The number of carbonyl (C=O) groups is 3. The molecule has 1 rings (SSSR count). The Morgan fingerprint density at radius 2 is 1.71 bits per heavy atom. The van der Waals surface area contributed by atoms with E-state index in [1.165, 1.54) is 19.9 Å². The summed E-state index contributed by atoms with van der Waals surface area (Å²) in [5.41, 5.74) is 0.527. The molecule has 0 aromatic heterocycles. The summed E-state index contributed by atoms with van der Waals surface area (Å²) in [6.45, 7) is 4.21. The molecule has 1 aliphatic rings. The van der Waals surface area contributed by atoms with Crippen molar-refractivity contribution in [3.63, 3.8) is 0 Å². The standard InChI is InChI=1S/C12H14O5/c1-4-5-9-6-10(15)12(17-8(3)14)11(9)16-7(2)13/h4-6,11-12H,1-3H3/t11-,12-/m1/s1. The number of hydrogen-bond acceptors (Lipinski definition) is 5. The maximum atomic E-state index is 11.6. The van der Waals surface area contributed by atoms with Gasteiger partial charge in [-0.15, -0.1) is 0 Å². The van der Waals surface area contributed by atoms with Crippen LogP contribution in [0.3, 0.4) is 0 Å². The third-order valence-electron chi connectivity index (χ3n) is 2.14. The number of allylic oxidation sites excluding steroid dienone is 1. The molecule has 92 valence electrons. The van der Waals surface area contributed by atoms with Gasteiger partial charge in [-0.2, -0.15) is 0 Å². The van der Waals surface area contributed by atoms with Crippen molar-refractivity contribution in [2.75, 3.05) is 0 Å². The fourth-order valence-corrected chi connectivity index (χ4v) is 1.60. The second-order valence-electron chi connectivity index (χ2n) is 3.61. The quantitative estimate of drug-likeness (QED) is 0.684. The molecule has 0 saturated carbocycles. The van der Waals surface area contributed by atoms with Gasteiger partial charge in [0, 0.05) is 19.4 Å². The Morgan fingerprint density at radius 3 is 2.18 bits per heavy atom. The van der Waals surface area contributed by atoms with Gasteiger partial charge in [0.05, 0.1) is 0 Å². The van der Waals surface area contributed by atoms with Gasteiger partial charge in [0.2, 0.25) is 11.9 Å². The molecule has 0 bridgehead atoms. The lowest BCUT2D eigenvalue weighted by Crippen LogP contribution is -2.36. The summed E-state index contributed by atoms with van der Waals surface area (Å²) in [6.07, 6.45) is 2.77. The third-order valence-corrected chi connectivity index (χ3v) is 2.14. The zero-order valence-electron chi connectivity index (χ0n) is 9.93. The van der Waals surface area contributed by atoms with Crippen molar-refractivity contribution >= 4 is 17.7 Å². The summed E-state index contributed by atoms with van der Waals surface area (Å²) in [7, 11) is 0. The van der Waals surface area contributed by atoms with Crippen LogP contribution in [0.5, 0.6) is 0 Å². The van der Waals surface area contributed by atoms with Crippen LogP contribution in [0.15, 0.2) is 23.8 Å². The SMILES string of the molecule is CC=CC1=CC(=O)[C@@H](OC(C)=O)[C@@H]1OC(C)=O. The Balaban J connectivity index is 2.94. The number of carbonyl (C=O) groups excluding carboxylic acids is 3. The normalized spacial score (nSPS) is 23.7. The first kappa shape index (κ1) is 13.2. The molecule has 5 nitrogen and oxygen atoms in total. The topological polar surface area (TPSA) is 69.7 Å². The van der Waals surface area contributed by atoms with Gasteiger partial charge in [0.25, 0.3) is 0 Å². The lowest BCUT2D eigenvalue weighted by molar-refractivity contribution is -0.163. The fraction of sp³-hybridized carbons (Fsp3) is 0.417. The first-order valence-corrected chi connectivity index (χ1v) is 5.18. The van der Waals surface area contributed by atoms with Crippen molar-refractivity contribution in [2.24, 2.45) is 0 Å². The van der Waals surface area contributed by atoms with Crippen LogP contribution < -0.4 is 0 Å². The highest BCUT2D eigenvalue weighted by atomic mass is 16.6. The van der Waals surface area contributed by atoms with E-state index < -0.39 is 24.1 Å². The molecule has 0 saturated heterocycles. The predicted molar refractivity (Wildman–Crippen MR) is 59.0 cm³/mol. The average Bonchev–Trinajstić information content (AvgIpc) is 2.45. The van der Waals surface area contributed by atoms with Crippen LogP contribution in [0.1, 0.15) is 20.8 Å². The van der Waals surface area contributed by atoms with Gasteiger partial charge in [-0.3, -0.25) is 14.4 Å². The van der Waals surface area contributed by atoms with Crippen molar-refractivity contribution in [3.8, 4) is 0 Å². The fourth-order valence-electron chi connectivity index (χ4n) is 1.60. The smallest absolute Gasteiger partial charge is 0.303 e. The number of esters is 2. The average molecular weight is 238 g/mol. The number of hydrogen-bond donors (Lipinski definition) is 0. The molecule has 0 fully saturated rings. The van der Waals surface area contributed by atoms with E-state index in [0.29, 0.717) is 5.57 Å².